The van der Waals surface area contributed by atoms with Crippen molar-refractivity contribution in [2.45, 2.75) is 71.5 Å². The van der Waals surface area contributed by atoms with Crippen LogP contribution in [0.4, 0.5) is 0 Å². The molecule has 0 saturated heterocycles. The Morgan fingerprint density at radius 2 is 1.92 bits per heavy atom. The average Bonchev–Trinajstić information content (AvgIpc) is 2.96. The van der Waals surface area contributed by atoms with Crippen LogP contribution in [-0.4, -0.2) is 46.6 Å². The topological polar surface area (TPSA) is 67.1 Å². The van der Waals surface area contributed by atoms with E-state index in [1.54, 1.807) is 11.8 Å². The highest BCUT2D eigenvalue weighted by Crippen LogP contribution is 2.16. The van der Waals surface area contributed by atoms with Gasteiger partial charge in [-0.1, -0.05) is 45.4 Å². The van der Waals surface area contributed by atoms with Gasteiger partial charge in [-0.25, -0.2) is 0 Å². The van der Waals surface area contributed by atoms with Gasteiger partial charge in [0.15, 0.2) is 11.1 Å². The van der Waals surface area contributed by atoms with Crippen LogP contribution in [-0.2, 0) is 13.0 Å². The van der Waals surface area contributed by atoms with Crippen LogP contribution in [0.25, 0.3) is 0 Å². The third kappa shape index (κ3) is 9.99. The van der Waals surface area contributed by atoms with E-state index in [0.717, 1.165) is 56.0 Å². The summed E-state index contributed by atoms with van der Waals surface area (Å²) >= 11 is 1.66. The minimum atomic E-state index is 0. The molecule has 0 radical (unpaired) electrons. The molecule has 0 aliphatic carbocycles. The monoisotopic (exact) mass is 496 g/mol. The van der Waals surface area contributed by atoms with Gasteiger partial charge in [0, 0.05) is 32.6 Å². The smallest absolute Gasteiger partial charge is 0.191 e. The van der Waals surface area contributed by atoms with Crippen LogP contribution in [0.5, 0.6) is 0 Å². The second-order valence-corrected chi connectivity index (χ2v) is 7.38. The molecule has 1 aromatic rings. The van der Waals surface area contributed by atoms with E-state index in [1.165, 1.54) is 19.3 Å². The Balaban J connectivity index is 0.00000625. The largest absolute Gasteiger partial charge is 0.357 e. The lowest BCUT2D eigenvalue weighted by Gasteiger charge is -2.12. The number of aliphatic imine (C=N–C) groups is 1. The van der Waals surface area contributed by atoms with E-state index in [1.807, 2.05) is 0 Å². The summed E-state index contributed by atoms with van der Waals surface area (Å²) in [7, 11) is 0. The summed E-state index contributed by atoms with van der Waals surface area (Å²) in [5.74, 6) is 2.59. The molecule has 0 amide bonds. The molecule has 0 aromatic carbocycles. The Bertz CT molecular complexity index is 504. The first-order valence-electron chi connectivity index (χ1n) is 9.60. The van der Waals surface area contributed by atoms with E-state index in [4.69, 9.17) is 0 Å². The Morgan fingerprint density at radius 3 is 2.54 bits per heavy atom. The second kappa shape index (κ2) is 15.5. The minimum Gasteiger partial charge on any atom is -0.357 e. The predicted molar refractivity (Wildman–Crippen MR) is 124 cm³/mol. The van der Waals surface area contributed by atoms with E-state index >= 15 is 0 Å². The number of guanidine groups is 1. The van der Waals surface area contributed by atoms with Gasteiger partial charge in [-0.05, 0) is 31.9 Å². The molecule has 0 atom stereocenters. The first-order valence-corrected chi connectivity index (χ1v) is 10.8. The van der Waals surface area contributed by atoms with Crippen LogP contribution in [0.15, 0.2) is 10.1 Å². The van der Waals surface area contributed by atoms with Crippen molar-refractivity contribution in [2.24, 2.45) is 10.9 Å². The molecule has 0 saturated carbocycles. The number of rotatable bonds is 12. The van der Waals surface area contributed by atoms with E-state index < -0.39 is 0 Å². The molecule has 1 aromatic heterocycles. The molecule has 0 fully saturated rings. The number of hydrogen-bond acceptors (Lipinski definition) is 4. The maximum absolute atomic E-state index is 4.68. The molecule has 2 N–H and O–H groups in total. The van der Waals surface area contributed by atoms with Gasteiger partial charge in [-0.15, -0.1) is 34.2 Å². The lowest BCUT2D eigenvalue weighted by molar-refractivity contribution is 0.477. The van der Waals surface area contributed by atoms with Crippen LogP contribution in [0.2, 0.25) is 0 Å². The number of thioether (sulfide) groups is 1. The van der Waals surface area contributed by atoms with Crippen molar-refractivity contribution in [3.63, 3.8) is 0 Å². The molecular weight excluding hydrogens is 459 g/mol. The zero-order chi connectivity index (χ0) is 18.5. The third-order valence-corrected chi connectivity index (χ3v) is 4.44. The van der Waals surface area contributed by atoms with Crippen molar-refractivity contribution in [2.75, 3.05) is 25.9 Å². The highest BCUT2D eigenvalue weighted by Gasteiger charge is 2.12. The summed E-state index contributed by atoms with van der Waals surface area (Å²) in [6, 6.07) is 0. The lowest BCUT2D eigenvalue weighted by Crippen LogP contribution is -2.37. The summed E-state index contributed by atoms with van der Waals surface area (Å²) in [6.07, 6.45) is 7.65. The van der Waals surface area contributed by atoms with Crippen LogP contribution >= 0.6 is 35.7 Å². The highest BCUT2D eigenvalue weighted by molar-refractivity contribution is 14.0. The molecule has 0 unspecified atom stereocenters. The van der Waals surface area contributed by atoms with Gasteiger partial charge in [0.05, 0.1) is 0 Å². The SMILES string of the molecule is CCCCCNC(=NCCCc1nnc(SC)n1CC(C)C)NCC.I. The minimum absolute atomic E-state index is 0. The number of aromatic nitrogens is 3. The summed E-state index contributed by atoms with van der Waals surface area (Å²) < 4.78 is 2.26. The second-order valence-electron chi connectivity index (χ2n) is 6.61. The van der Waals surface area contributed by atoms with Gasteiger partial charge in [0.1, 0.15) is 5.82 Å². The quantitative estimate of drug-likeness (QED) is 0.151. The summed E-state index contributed by atoms with van der Waals surface area (Å²) in [5.41, 5.74) is 0. The fourth-order valence-corrected chi connectivity index (χ4v) is 3.08. The van der Waals surface area contributed by atoms with Crippen LogP contribution < -0.4 is 10.6 Å². The summed E-state index contributed by atoms with van der Waals surface area (Å²) in [4.78, 5) is 4.68. The zero-order valence-corrected chi connectivity index (χ0v) is 20.2. The van der Waals surface area contributed by atoms with Crippen LogP contribution in [0.3, 0.4) is 0 Å². The molecule has 1 rings (SSSR count). The number of unbranched alkanes of at least 4 members (excludes halogenated alkanes) is 2. The van der Waals surface area contributed by atoms with Gasteiger partial charge in [0.2, 0.25) is 0 Å². The van der Waals surface area contributed by atoms with Gasteiger partial charge in [0.25, 0.3) is 0 Å². The Labute approximate surface area is 180 Å². The van der Waals surface area contributed by atoms with Crippen molar-refractivity contribution >= 4 is 41.7 Å². The molecule has 26 heavy (non-hydrogen) atoms. The standard InChI is InChI=1S/C18H36N6S.HI/c1-6-8-9-12-20-17(19-7-2)21-13-10-11-16-22-23-18(25-5)24(16)14-15(3)4;/h15H,6-14H2,1-5H3,(H2,19,20,21);1H. The zero-order valence-electron chi connectivity index (χ0n) is 17.0. The van der Waals surface area contributed by atoms with Crippen molar-refractivity contribution in [3.05, 3.63) is 5.82 Å². The van der Waals surface area contributed by atoms with Crippen molar-refractivity contribution < 1.29 is 0 Å². The molecule has 0 bridgehead atoms. The summed E-state index contributed by atoms with van der Waals surface area (Å²) in [5, 5.41) is 16.4. The fourth-order valence-electron chi connectivity index (χ4n) is 2.56. The number of hydrogen-bond donors (Lipinski definition) is 2. The van der Waals surface area contributed by atoms with Crippen molar-refractivity contribution in [3.8, 4) is 0 Å². The average molecular weight is 497 g/mol. The highest BCUT2D eigenvalue weighted by atomic mass is 127. The molecule has 0 aliphatic rings. The summed E-state index contributed by atoms with van der Waals surface area (Å²) in [6.45, 7) is 12.4. The number of aryl methyl sites for hydroxylation is 1. The first-order chi connectivity index (χ1) is 12.1. The van der Waals surface area contributed by atoms with Gasteiger partial charge in [-0.3, -0.25) is 4.99 Å². The Morgan fingerprint density at radius 1 is 1.15 bits per heavy atom. The molecule has 8 heteroatoms. The number of halogens is 1. The lowest BCUT2D eigenvalue weighted by atomic mass is 10.2. The number of nitrogens with zero attached hydrogens (tertiary/aromatic N) is 4. The predicted octanol–water partition coefficient (Wildman–Crippen LogP) is 3.95. The molecule has 1 heterocycles. The molecule has 0 aliphatic heterocycles. The molecule has 6 nitrogen and oxygen atoms in total. The first kappa shape index (κ1) is 25.5. The molecule has 0 spiro atoms. The van der Waals surface area contributed by atoms with E-state index in [0.29, 0.717) is 5.92 Å². The van der Waals surface area contributed by atoms with E-state index in [2.05, 4.69) is 64.3 Å². The van der Waals surface area contributed by atoms with Crippen molar-refractivity contribution in [1.29, 1.82) is 0 Å². The fraction of sp³-hybridized carbons (Fsp3) is 0.833. The van der Waals surface area contributed by atoms with Gasteiger partial charge in [-0.2, -0.15) is 0 Å². The molecular formula is C18H37IN6S. The Kier molecular flexibility index (Phi) is 15.2. The van der Waals surface area contributed by atoms with Crippen LogP contribution in [0, 0.1) is 5.92 Å². The third-order valence-electron chi connectivity index (χ3n) is 3.77. The van der Waals surface area contributed by atoms with E-state index in [9.17, 15) is 0 Å². The van der Waals surface area contributed by atoms with Gasteiger partial charge >= 0.3 is 0 Å². The molecule has 152 valence electrons. The normalized spacial score (nSPS) is 11.5. The maximum Gasteiger partial charge on any atom is 0.191 e. The van der Waals surface area contributed by atoms with Crippen LogP contribution in [0.1, 0.15) is 59.2 Å². The van der Waals surface area contributed by atoms with Gasteiger partial charge < -0.3 is 15.2 Å². The van der Waals surface area contributed by atoms with Crippen molar-refractivity contribution in [1.82, 2.24) is 25.4 Å². The Hall–Kier alpha value is -0.510. The number of nitrogens with one attached hydrogen (secondary N) is 2. The maximum atomic E-state index is 4.68. The van der Waals surface area contributed by atoms with E-state index in [-0.39, 0.29) is 24.0 Å².